The number of ether oxygens (including phenoxy) is 2. The molecule has 0 spiro atoms. The van der Waals surface area contributed by atoms with Gasteiger partial charge in [0, 0.05) is 24.7 Å². The van der Waals surface area contributed by atoms with Gasteiger partial charge >= 0.3 is 0 Å². The predicted octanol–water partition coefficient (Wildman–Crippen LogP) is 2.28. The molecule has 0 aliphatic carbocycles. The van der Waals surface area contributed by atoms with E-state index < -0.39 is 0 Å². The summed E-state index contributed by atoms with van der Waals surface area (Å²) in [6, 6.07) is 6.71. The van der Waals surface area contributed by atoms with Crippen LogP contribution in [0.15, 0.2) is 28.8 Å². The van der Waals surface area contributed by atoms with Crippen LogP contribution in [0.3, 0.4) is 0 Å². The molecule has 9 heteroatoms. The number of fused-ring (bicyclic) bond motifs is 1. The molecule has 0 radical (unpaired) electrons. The molecule has 30 heavy (non-hydrogen) atoms. The molecule has 1 aromatic carbocycles. The summed E-state index contributed by atoms with van der Waals surface area (Å²) in [6.07, 6.45) is 3.58. The van der Waals surface area contributed by atoms with E-state index in [0.717, 1.165) is 19.6 Å². The van der Waals surface area contributed by atoms with E-state index in [9.17, 15) is 9.59 Å². The molecule has 0 saturated carbocycles. The minimum Gasteiger partial charge on any atom is -0.454 e. The fourth-order valence-corrected chi connectivity index (χ4v) is 3.69. The third kappa shape index (κ3) is 4.91. The molecule has 1 saturated heterocycles. The fraction of sp³-hybridized carbons (Fsp3) is 0.476. The second-order valence-electron chi connectivity index (χ2n) is 7.57. The van der Waals surface area contributed by atoms with Crippen LogP contribution in [0.2, 0.25) is 0 Å². The maximum atomic E-state index is 13.2. The molecule has 0 unspecified atom stereocenters. The van der Waals surface area contributed by atoms with Gasteiger partial charge in [-0.15, -0.1) is 0 Å². The summed E-state index contributed by atoms with van der Waals surface area (Å²) < 4.78 is 15.7. The summed E-state index contributed by atoms with van der Waals surface area (Å²) in [5.74, 6) is 1.55. The molecule has 1 aromatic heterocycles. The number of nitrogens with zero attached hydrogens (tertiary/aromatic N) is 3. The lowest BCUT2D eigenvalue weighted by molar-refractivity contribution is -0.117. The molecule has 3 heterocycles. The molecule has 0 atom stereocenters. The molecule has 2 aliphatic rings. The van der Waals surface area contributed by atoms with Crippen molar-refractivity contribution in [3.05, 3.63) is 35.6 Å². The molecule has 1 N–H and O–H groups in total. The highest BCUT2D eigenvalue weighted by Crippen LogP contribution is 2.32. The Kier molecular flexibility index (Phi) is 6.18. The smallest absolute Gasteiger partial charge is 0.254 e. The topological polar surface area (TPSA) is 97.1 Å². The average molecular weight is 414 g/mol. The SMILES string of the molecule is Cc1cc(NC(=O)CN(CCN2CCCCC2)C(=O)c2ccc3c(c2)OCO3)no1. The molecular formula is C21H26N4O5. The molecule has 160 valence electrons. The number of aromatic nitrogens is 1. The van der Waals surface area contributed by atoms with Crippen molar-refractivity contribution in [1.82, 2.24) is 15.0 Å². The van der Waals surface area contributed by atoms with Gasteiger partial charge in [0.1, 0.15) is 12.3 Å². The number of carbonyl (C=O) groups excluding carboxylic acids is 2. The van der Waals surface area contributed by atoms with Crippen molar-refractivity contribution >= 4 is 17.6 Å². The van der Waals surface area contributed by atoms with Crippen LogP contribution < -0.4 is 14.8 Å². The van der Waals surface area contributed by atoms with Gasteiger partial charge in [-0.1, -0.05) is 11.6 Å². The van der Waals surface area contributed by atoms with E-state index in [1.165, 1.54) is 19.3 Å². The van der Waals surface area contributed by atoms with Gasteiger partial charge in [0.2, 0.25) is 12.7 Å². The van der Waals surface area contributed by atoms with Crippen molar-refractivity contribution in [3.8, 4) is 11.5 Å². The molecule has 2 aliphatic heterocycles. The van der Waals surface area contributed by atoms with E-state index in [0.29, 0.717) is 35.2 Å². The highest BCUT2D eigenvalue weighted by molar-refractivity contribution is 5.99. The highest BCUT2D eigenvalue weighted by Gasteiger charge is 2.23. The van der Waals surface area contributed by atoms with E-state index in [2.05, 4.69) is 15.4 Å². The minimum absolute atomic E-state index is 0.0764. The monoisotopic (exact) mass is 414 g/mol. The maximum absolute atomic E-state index is 13.2. The van der Waals surface area contributed by atoms with Crippen molar-refractivity contribution in [2.75, 3.05) is 44.8 Å². The molecule has 0 bridgehead atoms. The van der Waals surface area contributed by atoms with E-state index in [4.69, 9.17) is 14.0 Å². The van der Waals surface area contributed by atoms with Gasteiger partial charge < -0.3 is 29.1 Å². The Morgan fingerprint density at radius 2 is 1.93 bits per heavy atom. The number of amides is 2. The number of carbonyl (C=O) groups is 2. The van der Waals surface area contributed by atoms with Crippen molar-refractivity contribution in [1.29, 1.82) is 0 Å². The molecule has 1 fully saturated rings. The van der Waals surface area contributed by atoms with Crippen molar-refractivity contribution in [2.24, 2.45) is 0 Å². The number of rotatable bonds is 7. The summed E-state index contributed by atoms with van der Waals surface area (Å²) in [7, 11) is 0. The summed E-state index contributed by atoms with van der Waals surface area (Å²) >= 11 is 0. The van der Waals surface area contributed by atoms with Gasteiger partial charge in [0.05, 0.1) is 0 Å². The summed E-state index contributed by atoms with van der Waals surface area (Å²) in [5, 5.41) is 6.46. The van der Waals surface area contributed by atoms with Crippen LogP contribution in [-0.4, -0.2) is 66.3 Å². The number of hydrogen-bond acceptors (Lipinski definition) is 7. The van der Waals surface area contributed by atoms with Gasteiger partial charge in [0.25, 0.3) is 5.91 Å². The summed E-state index contributed by atoms with van der Waals surface area (Å²) in [4.78, 5) is 29.7. The number of benzene rings is 1. The largest absolute Gasteiger partial charge is 0.454 e. The molecule has 9 nitrogen and oxygen atoms in total. The molecule has 2 aromatic rings. The molecule has 4 rings (SSSR count). The van der Waals surface area contributed by atoms with Crippen LogP contribution in [0.1, 0.15) is 35.4 Å². The first kappa shape index (κ1) is 20.2. The Hall–Kier alpha value is -3.07. The molecular weight excluding hydrogens is 388 g/mol. The number of hydrogen-bond donors (Lipinski definition) is 1. The first-order valence-corrected chi connectivity index (χ1v) is 10.2. The minimum atomic E-state index is -0.323. The first-order valence-electron chi connectivity index (χ1n) is 10.2. The van der Waals surface area contributed by atoms with E-state index in [1.807, 2.05) is 0 Å². The zero-order valence-corrected chi connectivity index (χ0v) is 17.1. The number of anilines is 1. The predicted molar refractivity (Wildman–Crippen MR) is 109 cm³/mol. The second kappa shape index (κ2) is 9.17. The van der Waals surface area contributed by atoms with Gasteiger partial charge in [-0.05, 0) is 51.1 Å². The van der Waals surface area contributed by atoms with Gasteiger partial charge in [-0.2, -0.15) is 0 Å². The lowest BCUT2D eigenvalue weighted by Crippen LogP contribution is -2.43. The van der Waals surface area contributed by atoms with Gasteiger partial charge in [0.15, 0.2) is 17.3 Å². The Balaban J connectivity index is 1.45. The van der Waals surface area contributed by atoms with Crippen LogP contribution in [-0.2, 0) is 4.79 Å². The third-order valence-electron chi connectivity index (χ3n) is 5.27. The van der Waals surface area contributed by atoms with E-state index in [-0.39, 0.29) is 25.2 Å². The van der Waals surface area contributed by atoms with Crippen molar-refractivity contribution in [2.45, 2.75) is 26.2 Å². The Morgan fingerprint density at radius 3 is 2.70 bits per heavy atom. The lowest BCUT2D eigenvalue weighted by Gasteiger charge is -2.30. The third-order valence-corrected chi connectivity index (χ3v) is 5.27. The van der Waals surface area contributed by atoms with Crippen LogP contribution in [0.4, 0.5) is 5.82 Å². The van der Waals surface area contributed by atoms with Gasteiger partial charge in [-0.25, -0.2) is 0 Å². The van der Waals surface area contributed by atoms with Gasteiger partial charge in [-0.3, -0.25) is 9.59 Å². The number of piperidine rings is 1. The lowest BCUT2D eigenvalue weighted by atomic mass is 10.1. The fourth-order valence-electron chi connectivity index (χ4n) is 3.69. The normalized spacial score (nSPS) is 15.8. The van der Waals surface area contributed by atoms with Crippen LogP contribution >= 0.6 is 0 Å². The first-order chi connectivity index (χ1) is 14.6. The molecule has 2 amide bonds. The van der Waals surface area contributed by atoms with Crippen LogP contribution in [0, 0.1) is 6.92 Å². The maximum Gasteiger partial charge on any atom is 0.254 e. The zero-order valence-electron chi connectivity index (χ0n) is 17.1. The highest BCUT2D eigenvalue weighted by atomic mass is 16.7. The number of likely N-dealkylation sites (tertiary alicyclic amines) is 1. The Bertz CT molecular complexity index is 907. The number of aryl methyl sites for hydroxylation is 1. The number of nitrogens with one attached hydrogen (secondary N) is 1. The average Bonchev–Trinajstić information content (AvgIpc) is 3.39. The zero-order chi connectivity index (χ0) is 20.9. The van der Waals surface area contributed by atoms with Crippen molar-refractivity contribution in [3.63, 3.8) is 0 Å². The standard InChI is InChI=1S/C21H26N4O5/c1-15-11-19(23-30-15)22-20(26)13-25(10-9-24-7-3-2-4-8-24)21(27)16-5-6-17-18(12-16)29-14-28-17/h5-6,11-12H,2-4,7-10,13-14H2,1H3,(H,22,23,26). The summed E-state index contributed by atoms with van der Waals surface area (Å²) in [5.41, 5.74) is 0.461. The van der Waals surface area contributed by atoms with E-state index in [1.54, 1.807) is 36.1 Å². The van der Waals surface area contributed by atoms with Crippen LogP contribution in [0.25, 0.3) is 0 Å². The summed E-state index contributed by atoms with van der Waals surface area (Å²) in [6.45, 7) is 5.05. The van der Waals surface area contributed by atoms with Crippen LogP contribution in [0.5, 0.6) is 11.5 Å². The quantitative estimate of drug-likeness (QED) is 0.742. The second-order valence-corrected chi connectivity index (χ2v) is 7.57. The Labute approximate surface area is 174 Å². The van der Waals surface area contributed by atoms with E-state index >= 15 is 0 Å². The Morgan fingerprint density at radius 1 is 1.13 bits per heavy atom. The van der Waals surface area contributed by atoms with Crippen molar-refractivity contribution < 1.29 is 23.6 Å².